The van der Waals surface area contributed by atoms with Crippen LogP contribution in [0.5, 0.6) is 0 Å². The predicted octanol–water partition coefficient (Wildman–Crippen LogP) is -0.0856. The first-order chi connectivity index (χ1) is 9.25. The first-order valence-corrected chi connectivity index (χ1v) is 7.59. The summed E-state index contributed by atoms with van der Waals surface area (Å²) in [6.07, 6.45) is 6.95. The standard InChI is InChI=1S/C14H22N2O3/c17-13-6-7-14(18)16(13)19-10-11-4-3-9-15-8-2-1-5-12(11)15/h11-12H,1-10H2/p+1/t11-,12-/m0/s1. The fraction of sp³-hybridized carbons (Fsp3) is 0.857. The molecule has 3 aliphatic rings. The van der Waals surface area contributed by atoms with E-state index in [2.05, 4.69) is 0 Å². The highest BCUT2D eigenvalue weighted by Gasteiger charge is 2.38. The number of imide groups is 1. The lowest BCUT2D eigenvalue weighted by Crippen LogP contribution is -3.18. The van der Waals surface area contributed by atoms with Gasteiger partial charge >= 0.3 is 0 Å². The largest absolute Gasteiger partial charge is 0.332 e. The molecule has 106 valence electrons. The molecule has 3 fully saturated rings. The third-order valence-electron chi connectivity index (χ3n) is 4.85. The minimum Gasteiger partial charge on any atom is -0.332 e. The number of carbonyl (C=O) groups is 2. The average molecular weight is 267 g/mol. The van der Waals surface area contributed by atoms with E-state index < -0.39 is 0 Å². The third-order valence-corrected chi connectivity index (χ3v) is 4.85. The highest BCUT2D eigenvalue weighted by Crippen LogP contribution is 2.22. The van der Waals surface area contributed by atoms with Gasteiger partial charge in [-0.3, -0.25) is 14.4 Å². The van der Waals surface area contributed by atoms with Crippen LogP contribution in [-0.2, 0) is 14.4 Å². The minimum atomic E-state index is -0.173. The maximum atomic E-state index is 11.5. The molecule has 0 aromatic carbocycles. The fourth-order valence-electron chi connectivity index (χ4n) is 3.85. The maximum Gasteiger partial charge on any atom is 0.253 e. The Morgan fingerprint density at radius 3 is 2.58 bits per heavy atom. The van der Waals surface area contributed by atoms with Crippen LogP contribution in [0.4, 0.5) is 0 Å². The molecule has 1 N–H and O–H groups in total. The molecule has 3 atom stereocenters. The molecule has 5 nitrogen and oxygen atoms in total. The van der Waals surface area contributed by atoms with Crippen molar-refractivity contribution in [3.05, 3.63) is 0 Å². The van der Waals surface area contributed by atoms with Gasteiger partial charge in [0.05, 0.1) is 25.7 Å². The van der Waals surface area contributed by atoms with Gasteiger partial charge in [0.1, 0.15) is 0 Å². The van der Waals surface area contributed by atoms with E-state index in [4.69, 9.17) is 4.84 Å². The first-order valence-electron chi connectivity index (χ1n) is 7.59. The Kier molecular flexibility index (Phi) is 3.84. The molecular weight excluding hydrogens is 244 g/mol. The molecule has 19 heavy (non-hydrogen) atoms. The van der Waals surface area contributed by atoms with Crippen LogP contribution in [-0.4, -0.2) is 42.6 Å². The van der Waals surface area contributed by atoms with Crippen molar-refractivity contribution in [2.45, 2.75) is 51.0 Å². The SMILES string of the molecule is O=C1CCC(=O)N1OC[C@@H]1CCC[NH+]2CCCC[C@@H]12. The van der Waals surface area contributed by atoms with Crippen LogP contribution in [0.2, 0.25) is 0 Å². The summed E-state index contributed by atoms with van der Waals surface area (Å²) >= 11 is 0. The molecular formula is C14H23N2O3+. The smallest absolute Gasteiger partial charge is 0.253 e. The molecule has 3 saturated heterocycles. The van der Waals surface area contributed by atoms with E-state index in [1.807, 2.05) is 0 Å². The van der Waals surface area contributed by atoms with Crippen molar-refractivity contribution in [2.75, 3.05) is 19.7 Å². The van der Waals surface area contributed by atoms with Gasteiger partial charge in [-0.2, -0.15) is 5.06 Å². The molecule has 0 radical (unpaired) electrons. The number of rotatable bonds is 3. The van der Waals surface area contributed by atoms with E-state index in [-0.39, 0.29) is 11.8 Å². The molecule has 0 spiro atoms. The second-order valence-electron chi connectivity index (χ2n) is 6.04. The predicted molar refractivity (Wildman–Crippen MR) is 68.1 cm³/mol. The molecule has 0 saturated carbocycles. The molecule has 2 amide bonds. The van der Waals surface area contributed by atoms with Gasteiger partial charge in [-0.25, -0.2) is 0 Å². The lowest BCUT2D eigenvalue weighted by atomic mass is 9.84. The van der Waals surface area contributed by atoms with Crippen molar-refractivity contribution in [2.24, 2.45) is 5.92 Å². The molecule has 0 bridgehead atoms. The number of nitrogens with one attached hydrogen (secondary N) is 1. The molecule has 0 aromatic rings. The zero-order valence-corrected chi connectivity index (χ0v) is 11.4. The van der Waals surface area contributed by atoms with Gasteiger partial charge in [0.2, 0.25) is 0 Å². The van der Waals surface area contributed by atoms with Crippen LogP contribution in [0, 0.1) is 5.92 Å². The number of hydroxylamine groups is 2. The molecule has 0 aromatic heterocycles. The van der Waals surface area contributed by atoms with Crippen molar-refractivity contribution >= 4 is 11.8 Å². The third kappa shape index (κ3) is 2.67. The lowest BCUT2D eigenvalue weighted by Gasteiger charge is -2.41. The monoisotopic (exact) mass is 267 g/mol. The van der Waals surface area contributed by atoms with Crippen LogP contribution in [0.25, 0.3) is 0 Å². The lowest BCUT2D eigenvalue weighted by molar-refractivity contribution is -0.940. The first kappa shape index (κ1) is 13.1. The normalized spacial score (nSPS) is 35.6. The average Bonchev–Trinajstić information content (AvgIpc) is 2.76. The quantitative estimate of drug-likeness (QED) is 0.727. The molecule has 0 aliphatic carbocycles. The number of quaternary nitrogens is 1. The van der Waals surface area contributed by atoms with E-state index in [9.17, 15) is 9.59 Å². The van der Waals surface area contributed by atoms with E-state index in [0.717, 1.165) is 5.06 Å². The van der Waals surface area contributed by atoms with Crippen LogP contribution < -0.4 is 4.90 Å². The summed E-state index contributed by atoms with van der Waals surface area (Å²) in [4.78, 5) is 30.3. The summed E-state index contributed by atoms with van der Waals surface area (Å²) in [5, 5.41) is 1.01. The van der Waals surface area contributed by atoms with Gasteiger partial charge in [0.25, 0.3) is 11.8 Å². The second kappa shape index (κ2) is 5.59. The number of amides is 2. The van der Waals surface area contributed by atoms with Crippen LogP contribution >= 0.6 is 0 Å². The van der Waals surface area contributed by atoms with Crippen LogP contribution in [0.1, 0.15) is 44.9 Å². The molecule has 5 heteroatoms. The number of hydrogen-bond acceptors (Lipinski definition) is 3. The van der Waals surface area contributed by atoms with E-state index in [1.165, 1.54) is 45.2 Å². The van der Waals surface area contributed by atoms with Crippen LogP contribution in [0.3, 0.4) is 0 Å². The van der Waals surface area contributed by atoms with Crippen molar-refractivity contribution in [3.8, 4) is 0 Å². The summed E-state index contributed by atoms with van der Waals surface area (Å²) in [5.74, 6) is 0.160. The summed E-state index contributed by atoms with van der Waals surface area (Å²) in [6, 6.07) is 0.676. The number of carbonyl (C=O) groups excluding carboxylic acids is 2. The van der Waals surface area contributed by atoms with Gasteiger partial charge in [-0.1, -0.05) is 0 Å². The molecule has 3 aliphatic heterocycles. The summed E-state index contributed by atoms with van der Waals surface area (Å²) in [5.41, 5.74) is 0. The highest BCUT2D eigenvalue weighted by atomic mass is 16.7. The van der Waals surface area contributed by atoms with E-state index in [0.29, 0.717) is 31.4 Å². The minimum absolute atomic E-state index is 0.173. The number of fused-ring (bicyclic) bond motifs is 1. The van der Waals surface area contributed by atoms with Crippen LogP contribution in [0.15, 0.2) is 0 Å². The fourth-order valence-corrected chi connectivity index (χ4v) is 3.85. The van der Waals surface area contributed by atoms with Gasteiger partial charge in [0.15, 0.2) is 0 Å². The summed E-state index contributed by atoms with van der Waals surface area (Å²) in [7, 11) is 0. The van der Waals surface area contributed by atoms with E-state index in [1.54, 1.807) is 4.90 Å². The van der Waals surface area contributed by atoms with E-state index >= 15 is 0 Å². The highest BCUT2D eigenvalue weighted by molar-refractivity contribution is 6.00. The molecule has 3 heterocycles. The van der Waals surface area contributed by atoms with Gasteiger partial charge in [-0.15, -0.1) is 0 Å². The van der Waals surface area contributed by atoms with Crippen molar-refractivity contribution in [1.82, 2.24) is 5.06 Å². The Hall–Kier alpha value is -0.940. The Morgan fingerprint density at radius 1 is 1.05 bits per heavy atom. The van der Waals surface area contributed by atoms with Gasteiger partial charge in [-0.05, 0) is 32.1 Å². The zero-order valence-electron chi connectivity index (χ0n) is 11.4. The molecule has 3 rings (SSSR count). The maximum absolute atomic E-state index is 11.5. The Balaban J connectivity index is 1.56. The number of hydrogen-bond donors (Lipinski definition) is 1. The Labute approximate surface area is 113 Å². The zero-order chi connectivity index (χ0) is 13.2. The van der Waals surface area contributed by atoms with Crippen molar-refractivity contribution in [3.63, 3.8) is 0 Å². The second-order valence-corrected chi connectivity index (χ2v) is 6.04. The Morgan fingerprint density at radius 2 is 1.79 bits per heavy atom. The van der Waals surface area contributed by atoms with Gasteiger partial charge in [0, 0.05) is 18.8 Å². The van der Waals surface area contributed by atoms with Gasteiger partial charge < -0.3 is 4.90 Å². The molecule has 1 unspecified atom stereocenters. The summed E-state index contributed by atoms with van der Waals surface area (Å²) < 4.78 is 0. The summed E-state index contributed by atoms with van der Waals surface area (Å²) in [6.45, 7) is 3.09. The number of piperidine rings is 2. The van der Waals surface area contributed by atoms with Crippen molar-refractivity contribution in [1.29, 1.82) is 0 Å². The topological polar surface area (TPSA) is 51.0 Å². The van der Waals surface area contributed by atoms with Crippen molar-refractivity contribution < 1.29 is 19.3 Å². The number of nitrogens with zero attached hydrogens (tertiary/aromatic N) is 1. The Bertz CT molecular complexity index is 354.